The molecule has 0 spiro atoms. The molecule has 4 rings (SSSR count). The van der Waals surface area contributed by atoms with Crippen LogP contribution in [0.3, 0.4) is 0 Å². The molecule has 3 heterocycles. The fraction of sp³-hybridized carbons (Fsp3) is 0.692. The summed E-state index contributed by atoms with van der Waals surface area (Å²) >= 11 is 3.47. The van der Waals surface area contributed by atoms with Crippen molar-refractivity contribution < 1.29 is 24.0 Å². The fourth-order valence-corrected chi connectivity index (χ4v) is 5.58. The number of carbonyl (C=O) groups is 4. The van der Waals surface area contributed by atoms with Gasteiger partial charge in [-0.1, -0.05) is 102 Å². The maximum absolute atomic E-state index is 12.1. The lowest BCUT2D eigenvalue weighted by molar-refractivity contribution is -0.131. The summed E-state index contributed by atoms with van der Waals surface area (Å²) < 4.78 is 1.14. The molecule has 0 saturated carbocycles. The Morgan fingerprint density at radius 1 is 0.940 bits per heavy atom. The van der Waals surface area contributed by atoms with Crippen LogP contribution < -0.4 is 21.0 Å². The number of anilines is 1. The van der Waals surface area contributed by atoms with Crippen LogP contribution in [-0.2, 0) is 24.0 Å². The first kappa shape index (κ1) is 47.2. The molecular weight excluding hydrogens is 698 g/mol. The first-order valence-corrected chi connectivity index (χ1v) is 19.6. The van der Waals surface area contributed by atoms with Crippen molar-refractivity contribution in [1.82, 2.24) is 20.9 Å². The third-order valence-electron chi connectivity index (χ3n) is 8.40. The van der Waals surface area contributed by atoms with Crippen molar-refractivity contribution in [3.63, 3.8) is 0 Å². The number of carbonyl (C=O) groups excluding carboxylic acids is 4. The second-order valence-corrected chi connectivity index (χ2v) is 13.6. The molecule has 286 valence electrons. The molecule has 0 aliphatic carbocycles. The number of fused-ring (bicyclic) bond motifs is 2. The van der Waals surface area contributed by atoms with E-state index in [9.17, 15) is 19.2 Å². The highest BCUT2D eigenvalue weighted by Crippen LogP contribution is 2.37. The van der Waals surface area contributed by atoms with Gasteiger partial charge in [-0.25, -0.2) is 0 Å². The number of halogens is 1. The Kier molecular flexibility index (Phi) is 28.3. The zero-order chi connectivity index (χ0) is 37.7. The number of amides is 3. The second-order valence-electron chi connectivity index (χ2n) is 12.7. The van der Waals surface area contributed by atoms with Crippen LogP contribution >= 0.6 is 15.9 Å². The largest absolute Gasteiger partial charge is 0.353 e. The number of benzene rings is 1. The summed E-state index contributed by atoms with van der Waals surface area (Å²) in [6.07, 6.45) is 14.8. The topological polar surface area (TPSA) is 120 Å². The average Bonchev–Trinajstić information content (AvgIpc) is 3.44. The molecule has 2 fully saturated rings. The summed E-state index contributed by atoms with van der Waals surface area (Å²) in [5, 5.41) is 9.78. The van der Waals surface area contributed by atoms with Gasteiger partial charge in [-0.05, 0) is 56.0 Å². The van der Waals surface area contributed by atoms with Gasteiger partial charge in [0.2, 0.25) is 17.7 Å². The van der Waals surface area contributed by atoms with Crippen LogP contribution in [0.25, 0.3) is 0 Å². The number of nitrogens with zero attached hydrogens (tertiary/aromatic N) is 2. The van der Waals surface area contributed by atoms with Crippen LogP contribution in [0.2, 0.25) is 0 Å². The van der Waals surface area contributed by atoms with Crippen molar-refractivity contribution in [2.75, 3.05) is 51.4 Å². The van der Waals surface area contributed by atoms with E-state index in [-0.39, 0.29) is 36.9 Å². The monoisotopic (exact) mass is 765 g/mol. The number of piperidine rings is 1. The number of hydrogen-bond acceptors (Lipinski definition) is 7. The molecule has 0 radical (unpaired) electrons. The summed E-state index contributed by atoms with van der Waals surface area (Å²) in [6.45, 7) is 19.2. The number of nitrogens with one attached hydrogen (secondary N) is 3. The van der Waals surface area contributed by atoms with Gasteiger partial charge in [0, 0.05) is 36.3 Å². The van der Waals surface area contributed by atoms with Crippen LogP contribution in [0.4, 0.5) is 5.69 Å². The third-order valence-corrected chi connectivity index (χ3v) is 8.90. The fourth-order valence-electron chi connectivity index (χ4n) is 5.20. The smallest absolute Gasteiger partial charge is 0.239 e. The van der Waals surface area contributed by atoms with Gasteiger partial charge in [0.25, 0.3) is 0 Å². The van der Waals surface area contributed by atoms with E-state index in [0.29, 0.717) is 31.2 Å². The van der Waals surface area contributed by atoms with E-state index in [4.69, 9.17) is 4.84 Å². The Hall–Kier alpha value is -2.76. The van der Waals surface area contributed by atoms with Gasteiger partial charge in [0.15, 0.2) is 0 Å². The molecule has 0 aromatic heterocycles. The lowest BCUT2D eigenvalue weighted by Crippen LogP contribution is -2.54. The van der Waals surface area contributed by atoms with Crippen molar-refractivity contribution in [2.45, 2.75) is 131 Å². The molecule has 3 amide bonds. The van der Waals surface area contributed by atoms with Crippen molar-refractivity contribution in [1.29, 1.82) is 0 Å². The SMILES string of the molecule is C=CCCC.CCCC.CCCCCC(=O)CC.CON1CC(C)c2cc(Br)ccc21.O=C1CNC(=O)CNC(=O)C2CCCCN2CCN1. The molecule has 2 unspecified atom stereocenters. The number of ketones is 1. The zero-order valence-corrected chi connectivity index (χ0v) is 33.8. The minimum atomic E-state index is -0.341. The standard InChI is InChI=1S/C12H20N4O3.C10H12BrNO.C8H16O.C5H10.C4H10/c17-10-7-14-11(18)8-15-12(19)9-3-1-2-5-16(9)6-4-13-10;1-7-6-12(13-2)10-4-3-8(11)5-9(7)10;1-3-5-6-7-8(9)4-2;1-3-5-4-2;1-3-4-2/h9H,1-8H2,(H,13,17)(H,14,18)(H,15,19);3-5,7H,6H2,1-2H3;3-7H2,1-2H3;3H,1,4-5H2,2H3;3-4H2,1-2H3. The van der Waals surface area contributed by atoms with Crippen LogP contribution in [0, 0.1) is 0 Å². The lowest BCUT2D eigenvalue weighted by atomic mass is 10.0. The van der Waals surface area contributed by atoms with E-state index in [1.54, 1.807) is 7.11 Å². The third kappa shape index (κ3) is 20.8. The van der Waals surface area contributed by atoms with Crippen molar-refractivity contribution in [3.8, 4) is 0 Å². The second kappa shape index (κ2) is 29.9. The molecular formula is C39H68BrN5O5. The molecule has 1 aromatic carbocycles. The maximum atomic E-state index is 12.1. The van der Waals surface area contributed by atoms with Gasteiger partial charge < -0.3 is 16.0 Å². The molecule has 0 bridgehead atoms. The highest BCUT2D eigenvalue weighted by atomic mass is 79.9. The zero-order valence-electron chi connectivity index (χ0n) is 32.2. The molecule has 3 N–H and O–H groups in total. The Bertz CT molecular complexity index is 1120. The summed E-state index contributed by atoms with van der Waals surface area (Å²) in [7, 11) is 1.71. The number of rotatable bonds is 9. The van der Waals surface area contributed by atoms with E-state index in [0.717, 1.165) is 56.1 Å². The number of allylic oxidation sites excluding steroid dienone is 1. The van der Waals surface area contributed by atoms with Gasteiger partial charge >= 0.3 is 0 Å². The summed E-state index contributed by atoms with van der Waals surface area (Å²) in [6, 6.07) is 6.12. The molecule has 2 saturated heterocycles. The number of hydroxylamine groups is 1. The first-order valence-electron chi connectivity index (χ1n) is 18.8. The van der Waals surface area contributed by atoms with Gasteiger partial charge in [0.1, 0.15) is 5.78 Å². The van der Waals surface area contributed by atoms with Crippen LogP contribution in [0.5, 0.6) is 0 Å². The van der Waals surface area contributed by atoms with Gasteiger partial charge in [0.05, 0.1) is 38.5 Å². The van der Waals surface area contributed by atoms with Crippen LogP contribution in [-0.4, -0.2) is 80.8 Å². The molecule has 3 aliphatic heterocycles. The van der Waals surface area contributed by atoms with E-state index in [1.807, 2.05) is 24.1 Å². The quantitative estimate of drug-likeness (QED) is 0.176. The summed E-state index contributed by atoms with van der Waals surface area (Å²) in [5.74, 6) is 0.317. The van der Waals surface area contributed by atoms with E-state index >= 15 is 0 Å². The Labute approximate surface area is 312 Å². The molecule has 11 heteroatoms. The molecule has 50 heavy (non-hydrogen) atoms. The highest BCUT2D eigenvalue weighted by molar-refractivity contribution is 9.10. The minimum Gasteiger partial charge on any atom is -0.353 e. The van der Waals surface area contributed by atoms with E-state index < -0.39 is 0 Å². The summed E-state index contributed by atoms with van der Waals surface area (Å²) in [5.41, 5.74) is 2.55. The van der Waals surface area contributed by atoms with Crippen molar-refractivity contribution >= 4 is 45.1 Å². The maximum Gasteiger partial charge on any atom is 0.239 e. The van der Waals surface area contributed by atoms with Crippen molar-refractivity contribution in [2.24, 2.45) is 0 Å². The van der Waals surface area contributed by atoms with Crippen molar-refractivity contribution in [3.05, 3.63) is 40.9 Å². The molecule has 10 nitrogen and oxygen atoms in total. The predicted molar refractivity (Wildman–Crippen MR) is 210 cm³/mol. The van der Waals surface area contributed by atoms with Gasteiger partial charge in [-0.3, -0.25) is 34.0 Å². The van der Waals surface area contributed by atoms with Crippen LogP contribution in [0.1, 0.15) is 130 Å². The summed E-state index contributed by atoms with van der Waals surface area (Å²) in [4.78, 5) is 53.0. The molecule has 3 aliphatic rings. The van der Waals surface area contributed by atoms with E-state index in [1.165, 1.54) is 43.4 Å². The Balaban J connectivity index is 0.000000673. The number of hydrogen-bond donors (Lipinski definition) is 3. The van der Waals surface area contributed by atoms with Crippen LogP contribution in [0.15, 0.2) is 35.3 Å². The minimum absolute atomic E-state index is 0.0435. The first-order chi connectivity index (χ1) is 24.0. The molecule has 1 aromatic rings. The highest BCUT2D eigenvalue weighted by Gasteiger charge is 2.29. The number of unbranched alkanes of at least 4 members (excludes halogenated alkanes) is 4. The van der Waals surface area contributed by atoms with Gasteiger partial charge in [-0.2, -0.15) is 0 Å². The molecule has 2 atom stereocenters. The Morgan fingerprint density at radius 2 is 1.62 bits per heavy atom. The lowest BCUT2D eigenvalue weighted by Gasteiger charge is -2.34. The Morgan fingerprint density at radius 3 is 2.20 bits per heavy atom. The predicted octanol–water partition coefficient (Wildman–Crippen LogP) is 7.46. The number of Topliss-reactive ketones (excluding diaryl/α,β-unsaturated/α-hetero) is 1. The van der Waals surface area contributed by atoms with E-state index in [2.05, 4.69) is 90.1 Å². The van der Waals surface area contributed by atoms with Gasteiger partial charge in [-0.15, -0.1) is 6.58 Å². The normalized spacial score (nSPS) is 18.7. The average molecular weight is 767 g/mol.